The van der Waals surface area contributed by atoms with Crippen LogP contribution in [0.5, 0.6) is 11.8 Å². The number of hydrogen-bond acceptors (Lipinski definition) is 9. The lowest BCUT2D eigenvalue weighted by Crippen LogP contribution is -2.55. The minimum atomic E-state index is -0.280. The van der Waals surface area contributed by atoms with Gasteiger partial charge in [0.15, 0.2) is 11.5 Å². The monoisotopic (exact) mass is 542 g/mol. The van der Waals surface area contributed by atoms with Crippen molar-refractivity contribution in [2.24, 2.45) is 0 Å². The van der Waals surface area contributed by atoms with E-state index in [-0.39, 0.29) is 18.4 Å². The summed E-state index contributed by atoms with van der Waals surface area (Å²) in [5.74, 6) is 1.42. The Labute approximate surface area is 233 Å². The highest BCUT2D eigenvalue weighted by Gasteiger charge is 2.32. The number of likely N-dealkylation sites (N-methyl/N-ethyl adjacent to an activating group) is 1. The molecule has 0 unspecified atom stereocenters. The number of fused-ring (bicyclic) bond motifs is 2. The lowest BCUT2D eigenvalue weighted by atomic mass is 10.0. The quantitative estimate of drug-likeness (QED) is 0.396. The molecule has 0 bridgehead atoms. The summed E-state index contributed by atoms with van der Waals surface area (Å²) < 4.78 is 13.8. The maximum Gasteiger partial charge on any atom is 0.336 e. The van der Waals surface area contributed by atoms with Gasteiger partial charge in [-0.05, 0) is 44.1 Å². The molecule has 3 aromatic rings. The van der Waals surface area contributed by atoms with Crippen LogP contribution >= 0.6 is 0 Å². The predicted molar refractivity (Wildman–Crippen MR) is 149 cm³/mol. The molecular formula is C29H34N8O3. The molecule has 1 aromatic carbocycles. The van der Waals surface area contributed by atoms with Crippen molar-refractivity contribution in [1.82, 2.24) is 29.4 Å². The zero-order chi connectivity index (χ0) is 27.6. The summed E-state index contributed by atoms with van der Waals surface area (Å²) in [6.45, 7) is 7.35. The molecule has 3 aliphatic rings. The van der Waals surface area contributed by atoms with Gasteiger partial charge in [-0.2, -0.15) is 10.2 Å². The van der Waals surface area contributed by atoms with Crippen molar-refractivity contribution in [3.05, 3.63) is 53.9 Å². The first kappa shape index (κ1) is 26.1. The number of aromatic nitrogens is 4. The van der Waals surface area contributed by atoms with Gasteiger partial charge in [0.05, 0.1) is 37.0 Å². The van der Waals surface area contributed by atoms with Gasteiger partial charge in [0.25, 0.3) is 0 Å². The summed E-state index contributed by atoms with van der Waals surface area (Å²) in [6.07, 6.45) is 7.14. The first-order chi connectivity index (χ1) is 19.6. The minimum absolute atomic E-state index is 0.167. The molecule has 11 nitrogen and oxygen atoms in total. The third kappa shape index (κ3) is 4.95. The number of likely N-dealkylation sites (tertiary alicyclic amines) is 1. The van der Waals surface area contributed by atoms with Crippen LogP contribution in [0.3, 0.4) is 0 Å². The van der Waals surface area contributed by atoms with Gasteiger partial charge in [0.1, 0.15) is 12.4 Å². The van der Waals surface area contributed by atoms with Gasteiger partial charge in [-0.15, -0.1) is 5.10 Å². The van der Waals surface area contributed by atoms with E-state index in [1.54, 1.807) is 4.90 Å². The average Bonchev–Trinajstić information content (AvgIpc) is 3.72. The van der Waals surface area contributed by atoms with Crippen LogP contribution in [-0.2, 0) is 17.6 Å². The molecule has 3 aliphatic heterocycles. The van der Waals surface area contributed by atoms with Crippen molar-refractivity contribution in [2.75, 3.05) is 51.3 Å². The molecule has 5 heterocycles. The first-order valence-corrected chi connectivity index (χ1v) is 13.9. The predicted octanol–water partition coefficient (Wildman–Crippen LogP) is 2.24. The van der Waals surface area contributed by atoms with Gasteiger partial charge >= 0.3 is 6.01 Å². The van der Waals surface area contributed by atoms with Crippen LogP contribution in [0.25, 0.3) is 5.65 Å². The third-order valence-electron chi connectivity index (χ3n) is 8.25. The molecule has 2 fully saturated rings. The van der Waals surface area contributed by atoms with Gasteiger partial charge in [-0.25, -0.2) is 9.50 Å². The Morgan fingerprint density at radius 2 is 2.20 bits per heavy atom. The molecule has 0 radical (unpaired) electrons. The minimum Gasteiger partial charge on any atom is -0.493 e. The molecule has 0 spiro atoms. The Balaban J connectivity index is 1.35. The van der Waals surface area contributed by atoms with E-state index in [1.807, 2.05) is 22.8 Å². The van der Waals surface area contributed by atoms with E-state index in [0.29, 0.717) is 62.8 Å². The number of hydrogen-bond donors (Lipinski definition) is 0. The molecule has 0 saturated carbocycles. The molecule has 2 aromatic heterocycles. The number of nitrogens with zero attached hydrogens (tertiary/aromatic N) is 8. The summed E-state index contributed by atoms with van der Waals surface area (Å²) in [5, 5.41) is 14.3. The maximum absolute atomic E-state index is 12.5. The van der Waals surface area contributed by atoms with E-state index in [9.17, 15) is 10.1 Å². The van der Waals surface area contributed by atoms with Crippen LogP contribution < -0.4 is 14.4 Å². The zero-order valence-corrected chi connectivity index (χ0v) is 22.8. The summed E-state index contributed by atoms with van der Waals surface area (Å²) in [6, 6.07) is 8.73. The number of ether oxygens (including phenoxy) is 2. The molecule has 208 valence electrons. The molecule has 2 saturated heterocycles. The molecular weight excluding hydrogens is 508 g/mol. The van der Waals surface area contributed by atoms with Crippen LogP contribution in [0.4, 0.5) is 5.82 Å². The van der Waals surface area contributed by atoms with Crippen molar-refractivity contribution < 1.29 is 14.3 Å². The topological polar surface area (TPSA) is 112 Å². The Morgan fingerprint density at radius 3 is 3.00 bits per heavy atom. The smallest absolute Gasteiger partial charge is 0.336 e. The summed E-state index contributed by atoms with van der Waals surface area (Å²) in [5.41, 5.74) is 3.98. The van der Waals surface area contributed by atoms with Crippen LogP contribution in [0.2, 0.25) is 0 Å². The van der Waals surface area contributed by atoms with Crippen LogP contribution in [0, 0.1) is 11.3 Å². The van der Waals surface area contributed by atoms with E-state index in [0.717, 1.165) is 37.3 Å². The van der Waals surface area contributed by atoms with Crippen LogP contribution in [0.15, 0.2) is 37.1 Å². The molecule has 11 heteroatoms. The van der Waals surface area contributed by atoms with E-state index >= 15 is 0 Å². The van der Waals surface area contributed by atoms with Gasteiger partial charge < -0.3 is 24.2 Å². The van der Waals surface area contributed by atoms with Crippen molar-refractivity contribution in [3.63, 3.8) is 0 Å². The molecule has 40 heavy (non-hydrogen) atoms. The number of nitriles is 1. The second-order valence-electron chi connectivity index (χ2n) is 10.7. The summed E-state index contributed by atoms with van der Waals surface area (Å²) >= 11 is 0. The Bertz CT molecular complexity index is 1460. The second-order valence-corrected chi connectivity index (χ2v) is 10.7. The maximum atomic E-state index is 12.5. The normalized spacial score (nSPS) is 20.8. The fraction of sp³-hybridized carbons (Fsp3) is 0.483. The largest absolute Gasteiger partial charge is 0.493 e. The summed E-state index contributed by atoms with van der Waals surface area (Å²) in [7, 11) is 2.12. The summed E-state index contributed by atoms with van der Waals surface area (Å²) in [4.78, 5) is 28.2. The van der Waals surface area contributed by atoms with Crippen molar-refractivity contribution >= 4 is 17.4 Å². The van der Waals surface area contributed by atoms with Gasteiger partial charge in [0, 0.05) is 44.1 Å². The number of anilines is 1. The second kappa shape index (κ2) is 11.1. The van der Waals surface area contributed by atoms with E-state index in [4.69, 9.17) is 24.5 Å². The highest BCUT2D eigenvalue weighted by Crippen LogP contribution is 2.31. The molecule has 0 aliphatic carbocycles. The molecule has 0 N–H and O–H groups in total. The molecule has 2 atom stereocenters. The highest BCUT2D eigenvalue weighted by atomic mass is 16.5. The first-order valence-electron chi connectivity index (χ1n) is 13.9. The van der Waals surface area contributed by atoms with Crippen molar-refractivity contribution in [3.8, 4) is 17.8 Å². The van der Waals surface area contributed by atoms with Gasteiger partial charge in [0.2, 0.25) is 5.91 Å². The number of rotatable bonds is 8. The molecule has 1 amide bonds. The Morgan fingerprint density at radius 1 is 1.30 bits per heavy atom. The van der Waals surface area contributed by atoms with E-state index in [1.165, 1.54) is 17.2 Å². The highest BCUT2D eigenvalue weighted by molar-refractivity contribution is 5.87. The van der Waals surface area contributed by atoms with Crippen molar-refractivity contribution in [1.29, 1.82) is 5.26 Å². The number of carbonyl (C=O) groups is 1. The van der Waals surface area contributed by atoms with E-state index < -0.39 is 0 Å². The number of amides is 1. The fourth-order valence-corrected chi connectivity index (χ4v) is 6.04. The van der Waals surface area contributed by atoms with Crippen LogP contribution in [0.1, 0.15) is 36.1 Å². The Hall–Kier alpha value is -4.17. The number of piperazine rings is 1. The number of imidazole rings is 1. The zero-order valence-electron chi connectivity index (χ0n) is 22.8. The number of carbonyl (C=O) groups excluding carboxylic acids is 1. The van der Waals surface area contributed by atoms with E-state index in [2.05, 4.69) is 35.6 Å². The van der Waals surface area contributed by atoms with Crippen LogP contribution in [-0.4, -0.2) is 93.8 Å². The van der Waals surface area contributed by atoms with Gasteiger partial charge in [-0.1, -0.05) is 18.7 Å². The fourth-order valence-electron chi connectivity index (χ4n) is 6.04. The van der Waals surface area contributed by atoms with Gasteiger partial charge in [-0.3, -0.25) is 4.79 Å². The molecule has 6 rings (SSSR count). The van der Waals surface area contributed by atoms with Crippen molar-refractivity contribution in [2.45, 2.75) is 44.2 Å². The third-order valence-corrected chi connectivity index (χ3v) is 8.25. The SMILES string of the molecule is C=CC(=O)N1CCN(c2nc(OC[C@@H]3CCCN3C)nn3c(Cc4cccc5c4CCO5)cnc23)C[C@@H]1CC#N. The standard InChI is InChI=1S/C29H34N8O3/c1-3-26(38)36-14-13-35(18-21(36)9-11-30)28-27-31-17-23(16-20-6-4-8-25-24(20)10-15-39-25)37(27)33-29(32-28)40-19-22-7-5-12-34(22)2/h3-4,6,8,17,21-22H,1,5,7,9-10,12-16,18-19H2,2H3/t21-,22-/m0/s1. The number of benzene rings is 1. The lowest BCUT2D eigenvalue weighted by Gasteiger charge is -2.40. The average molecular weight is 543 g/mol. The Kier molecular flexibility index (Phi) is 7.26. The lowest BCUT2D eigenvalue weighted by molar-refractivity contribution is -0.128.